The number of likely N-dealkylation sites (N-methyl/N-ethyl adjacent to an activating group) is 1. The number of thiazole rings is 1. The first-order chi connectivity index (χ1) is 9.60. The average Bonchev–Trinajstić information content (AvgIpc) is 2.75. The molecule has 0 saturated heterocycles. The normalized spacial score (nSPS) is 10.6. The minimum Gasteiger partial charge on any atom is -0.338 e. The molecule has 106 valence electrons. The molecule has 4 heteroatoms. The number of hydrogen-bond donors (Lipinski definition) is 0. The molecule has 1 amide bonds. The van der Waals surface area contributed by atoms with Crippen LogP contribution in [0.3, 0.4) is 0 Å². The lowest BCUT2D eigenvalue weighted by atomic mass is 10.2. The Bertz CT molecular complexity index is 577. The highest BCUT2D eigenvalue weighted by Crippen LogP contribution is 2.19. The zero-order chi connectivity index (χ0) is 14.5. The molecule has 3 nitrogen and oxygen atoms in total. The summed E-state index contributed by atoms with van der Waals surface area (Å²) in [5, 5.41) is 1.02. The highest BCUT2D eigenvalue weighted by molar-refractivity contribution is 7.11. The molecular formula is C16H20N2OS. The molecule has 0 spiro atoms. The number of benzene rings is 1. The molecule has 20 heavy (non-hydrogen) atoms. The van der Waals surface area contributed by atoms with Crippen LogP contribution in [0.2, 0.25) is 0 Å². The quantitative estimate of drug-likeness (QED) is 0.845. The van der Waals surface area contributed by atoms with Gasteiger partial charge in [-0.15, -0.1) is 11.3 Å². The summed E-state index contributed by atoms with van der Waals surface area (Å²) in [4.78, 5) is 19.8. The average molecular weight is 288 g/mol. The minimum atomic E-state index is 0.170. The largest absolute Gasteiger partial charge is 0.338 e. The van der Waals surface area contributed by atoms with Gasteiger partial charge in [-0.05, 0) is 26.3 Å². The molecule has 1 aromatic heterocycles. The van der Waals surface area contributed by atoms with Crippen LogP contribution in [0.1, 0.15) is 28.1 Å². The van der Waals surface area contributed by atoms with E-state index in [4.69, 9.17) is 0 Å². The highest BCUT2D eigenvalue weighted by Gasteiger charge is 2.16. The Morgan fingerprint density at radius 1 is 1.25 bits per heavy atom. The Kier molecular flexibility index (Phi) is 4.90. The van der Waals surface area contributed by atoms with E-state index >= 15 is 0 Å². The zero-order valence-corrected chi connectivity index (χ0v) is 13.0. The Labute approximate surface area is 124 Å². The Morgan fingerprint density at radius 3 is 2.50 bits per heavy atom. The molecule has 0 aliphatic rings. The number of aryl methyl sites for hydroxylation is 2. The molecule has 0 bridgehead atoms. The van der Waals surface area contributed by atoms with Crippen molar-refractivity contribution in [2.45, 2.75) is 33.7 Å². The van der Waals surface area contributed by atoms with Gasteiger partial charge in [-0.1, -0.05) is 30.3 Å². The highest BCUT2D eigenvalue weighted by atomic mass is 32.1. The monoisotopic (exact) mass is 288 g/mol. The number of hydrogen-bond acceptors (Lipinski definition) is 3. The van der Waals surface area contributed by atoms with E-state index in [-0.39, 0.29) is 5.91 Å². The van der Waals surface area contributed by atoms with Crippen LogP contribution in [0, 0.1) is 13.8 Å². The first-order valence-corrected chi connectivity index (χ1v) is 7.66. The maximum atomic E-state index is 12.4. The van der Waals surface area contributed by atoms with Gasteiger partial charge in [-0.25, -0.2) is 4.98 Å². The molecule has 0 N–H and O–H groups in total. The molecule has 0 aliphatic carbocycles. The molecule has 0 unspecified atom stereocenters. The van der Waals surface area contributed by atoms with Crippen LogP contribution in [-0.2, 0) is 17.8 Å². The van der Waals surface area contributed by atoms with Gasteiger partial charge in [0.25, 0.3) is 0 Å². The van der Waals surface area contributed by atoms with Gasteiger partial charge < -0.3 is 4.90 Å². The standard InChI is InChI=1S/C16H20N2OS/c1-4-18(11-14-8-6-5-7-9-14)16(19)10-15-12(2)17-13(3)20-15/h5-9H,4,10-11H2,1-3H3. The summed E-state index contributed by atoms with van der Waals surface area (Å²) in [5.41, 5.74) is 2.15. The van der Waals surface area contributed by atoms with Crippen LogP contribution in [0.4, 0.5) is 0 Å². The van der Waals surface area contributed by atoms with Crippen LogP contribution in [0.25, 0.3) is 0 Å². The number of rotatable bonds is 5. The predicted molar refractivity (Wildman–Crippen MR) is 82.8 cm³/mol. The summed E-state index contributed by atoms with van der Waals surface area (Å²) in [5.74, 6) is 0.170. The SMILES string of the molecule is CCN(Cc1ccccc1)C(=O)Cc1sc(C)nc1C. The summed E-state index contributed by atoms with van der Waals surface area (Å²) in [6.07, 6.45) is 0.456. The van der Waals surface area contributed by atoms with Crippen LogP contribution < -0.4 is 0 Å². The van der Waals surface area contributed by atoms with Gasteiger partial charge in [0.05, 0.1) is 17.1 Å². The van der Waals surface area contributed by atoms with Crippen molar-refractivity contribution in [2.75, 3.05) is 6.54 Å². The summed E-state index contributed by atoms with van der Waals surface area (Å²) >= 11 is 1.62. The van der Waals surface area contributed by atoms with E-state index in [0.717, 1.165) is 22.1 Å². The predicted octanol–water partition coefficient (Wildman–Crippen LogP) is 3.35. The van der Waals surface area contributed by atoms with Crippen molar-refractivity contribution in [3.05, 3.63) is 51.5 Å². The molecule has 0 saturated carbocycles. The van der Waals surface area contributed by atoms with Crippen molar-refractivity contribution < 1.29 is 4.79 Å². The topological polar surface area (TPSA) is 33.2 Å². The smallest absolute Gasteiger partial charge is 0.228 e. The molecule has 2 aromatic rings. The maximum absolute atomic E-state index is 12.4. The van der Waals surface area contributed by atoms with Crippen LogP contribution in [0.15, 0.2) is 30.3 Å². The van der Waals surface area contributed by atoms with E-state index in [1.165, 1.54) is 5.56 Å². The number of amides is 1. The number of carbonyl (C=O) groups is 1. The van der Waals surface area contributed by atoms with E-state index < -0.39 is 0 Å². The van der Waals surface area contributed by atoms with E-state index in [1.807, 2.05) is 43.9 Å². The van der Waals surface area contributed by atoms with Gasteiger partial charge in [0, 0.05) is 18.0 Å². The molecular weight excluding hydrogens is 268 g/mol. The van der Waals surface area contributed by atoms with Crippen LogP contribution >= 0.6 is 11.3 Å². The molecule has 0 atom stereocenters. The van der Waals surface area contributed by atoms with E-state index in [2.05, 4.69) is 17.1 Å². The molecule has 1 heterocycles. The third-order valence-electron chi connectivity index (χ3n) is 3.26. The molecule has 1 aromatic carbocycles. The van der Waals surface area contributed by atoms with Crippen LogP contribution in [-0.4, -0.2) is 22.3 Å². The summed E-state index contributed by atoms with van der Waals surface area (Å²) in [7, 11) is 0. The van der Waals surface area contributed by atoms with E-state index in [1.54, 1.807) is 11.3 Å². The van der Waals surface area contributed by atoms with Crippen molar-refractivity contribution in [2.24, 2.45) is 0 Å². The van der Waals surface area contributed by atoms with Crippen molar-refractivity contribution in [1.82, 2.24) is 9.88 Å². The third-order valence-corrected chi connectivity index (χ3v) is 4.33. The molecule has 2 rings (SSSR count). The van der Waals surface area contributed by atoms with Gasteiger partial charge in [-0.2, -0.15) is 0 Å². The van der Waals surface area contributed by atoms with Crippen LogP contribution in [0.5, 0.6) is 0 Å². The first-order valence-electron chi connectivity index (χ1n) is 6.84. The summed E-state index contributed by atoms with van der Waals surface area (Å²) in [6.45, 7) is 7.37. The fraction of sp³-hybridized carbons (Fsp3) is 0.375. The second-order valence-electron chi connectivity index (χ2n) is 4.81. The lowest BCUT2D eigenvalue weighted by Crippen LogP contribution is -2.31. The Balaban J connectivity index is 2.04. The summed E-state index contributed by atoms with van der Waals surface area (Å²) < 4.78 is 0. The number of carbonyl (C=O) groups excluding carboxylic acids is 1. The molecule has 0 fully saturated rings. The third kappa shape index (κ3) is 3.67. The second-order valence-corrected chi connectivity index (χ2v) is 6.10. The zero-order valence-electron chi connectivity index (χ0n) is 12.2. The van der Waals surface area contributed by atoms with Crippen molar-refractivity contribution in [1.29, 1.82) is 0 Å². The lowest BCUT2D eigenvalue weighted by Gasteiger charge is -2.20. The number of nitrogens with zero attached hydrogens (tertiary/aromatic N) is 2. The maximum Gasteiger partial charge on any atom is 0.228 e. The van der Waals surface area contributed by atoms with E-state index in [9.17, 15) is 4.79 Å². The lowest BCUT2D eigenvalue weighted by molar-refractivity contribution is -0.130. The van der Waals surface area contributed by atoms with Gasteiger partial charge in [-0.3, -0.25) is 4.79 Å². The Morgan fingerprint density at radius 2 is 1.95 bits per heavy atom. The van der Waals surface area contributed by atoms with Crippen molar-refractivity contribution in [3.8, 4) is 0 Å². The van der Waals surface area contributed by atoms with Gasteiger partial charge >= 0.3 is 0 Å². The Hall–Kier alpha value is -1.68. The van der Waals surface area contributed by atoms with Crippen molar-refractivity contribution >= 4 is 17.2 Å². The van der Waals surface area contributed by atoms with Gasteiger partial charge in [0.15, 0.2) is 0 Å². The fourth-order valence-corrected chi connectivity index (χ4v) is 3.09. The fourth-order valence-electron chi connectivity index (χ4n) is 2.17. The minimum absolute atomic E-state index is 0.170. The first kappa shape index (κ1) is 14.7. The molecule has 0 aliphatic heterocycles. The van der Waals surface area contributed by atoms with Gasteiger partial charge in [0.1, 0.15) is 0 Å². The second kappa shape index (κ2) is 6.66. The van der Waals surface area contributed by atoms with Crippen molar-refractivity contribution in [3.63, 3.8) is 0 Å². The number of aromatic nitrogens is 1. The van der Waals surface area contributed by atoms with Gasteiger partial charge in [0.2, 0.25) is 5.91 Å². The summed E-state index contributed by atoms with van der Waals surface area (Å²) in [6, 6.07) is 10.1. The molecule has 0 radical (unpaired) electrons. The van der Waals surface area contributed by atoms with E-state index in [0.29, 0.717) is 13.0 Å².